The van der Waals surface area contributed by atoms with Crippen LogP contribution in [0.25, 0.3) is 0 Å². The fraction of sp³-hybridized carbons (Fsp3) is 0.350. The molecule has 1 aromatic carbocycles. The molecule has 2 aliphatic rings. The van der Waals surface area contributed by atoms with Gasteiger partial charge in [-0.05, 0) is 31.0 Å². The van der Waals surface area contributed by atoms with E-state index >= 15 is 0 Å². The van der Waals surface area contributed by atoms with Crippen molar-refractivity contribution in [1.29, 1.82) is 0 Å². The Kier molecular flexibility index (Phi) is 4.87. The number of nitrogens with one attached hydrogen (secondary N) is 1. The van der Waals surface area contributed by atoms with E-state index in [0.717, 1.165) is 0 Å². The topological polar surface area (TPSA) is 109 Å². The van der Waals surface area contributed by atoms with Crippen molar-refractivity contribution >= 4 is 23.4 Å². The number of amides is 3. The largest absolute Gasteiger partial charge is 0.340 e. The molecule has 1 aromatic heterocycles. The molecule has 1 aliphatic heterocycles. The molecule has 0 spiro atoms. The van der Waals surface area contributed by atoms with Crippen LogP contribution >= 0.6 is 0 Å². The third-order valence-corrected chi connectivity index (χ3v) is 5.17. The molecule has 2 unspecified atom stereocenters. The molecule has 0 saturated carbocycles. The summed E-state index contributed by atoms with van der Waals surface area (Å²) in [7, 11) is 1.63. The van der Waals surface area contributed by atoms with Crippen LogP contribution in [-0.4, -0.2) is 39.8 Å². The maximum absolute atomic E-state index is 12.9. The average molecular weight is 395 g/mol. The first-order valence-electron chi connectivity index (χ1n) is 9.38. The molecule has 2 atom stereocenters. The zero-order valence-electron chi connectivity index (χ0n) is 16.2. The third-order valence-electron chi connectivity index (χ3n) is 5.17. The first-order chi connectivity index (χ1) is 13.9. The molecule has 9 heteroatoms. The minimum Gasteiger partial charge on any atom is -0.340 e. The summed E-state index contributed by atoms with van der Waals surface area (Å²) >= 11 is 0. The van der Waals surface area contributed by atoms with Crippen LogP contribution in [0.1, 0.15) is 34.9 Å². The van der Waals surface area contributed by atoms with Crippen molar-refractivity contribution in [3.63, 3.8) is 0 Å². The minimum atomic E-state index is -0.378. The summed E-state index contributed by atoms with van der Waals surface area (Å²) in [6.07, 6.45) is 4.97. The van der Waals surface area contributed by atoms with Crippen molar-refractivity contribution in [3.8, 4) is 0 Å². The molecule has 2 heterocycles. The second kappa shape index (κ2) is 7.50. The molecule has 1 fully saturated rings. The van der Waals surface area contributed by atoms with Gasteiger partial charge in [0.1, 0.15) is 0 Å². The van der Waals surface area contributed by atoms with Crippen molar-refractivity contribution in [2.24, 2.45) is 11.8 Å². The van der Waals surface area contributed by atoms with Gasteiger partial charge >= 0.3 is 0 Å². The SMILES string of the molecule is Cc1nc(CN(C)C(=O)c2cccc(N3NC(=O)C4CC=CCC4C3=O)c2)no1. The number of aryl methyl sites for hydroxylation is 1. The number of hydrogen-bond acceptors (Lipinski definition) is 6. The summed E-state index contributed by atoms with van der Waals surface area (Å²) in [5, 5.41) is 5.05. The van der Waals surface area contributed by atoms with Crippen LogP contribution in [0.4, 0.5) is 5.69 Å². The van der Waals surface area contributed by atoms with Crippen LogP contribution in [-0.2, 0) is 16.1 Å². The average Bonchev–Trinajstić information content (AvgIpc) is 3.14. The number of hydrogen-bond donors (Lipinski definition) is 1. The Hall–Kier alpha value is -3.49. The zero-order valence-corrected chi connectivity index (χ0v) is 16.2. The lowest BCUT2D eigenvalue weighted by Crippen LogP contribution is -2.59. The van der Waals surface area contributed by atoms with Gasteiger partial charge in [-0.25, -0.2) is 5.01 Å². The van der Waals surface area contributed by atoms with Crippen molar-refractivity contribution < 1.29 is 18.9 Å². The standard InChI is InChI=1S/C20H21N5O4/c1-12-21-17(23-29-12)11-24(2)19(27)13-6-5-7-14(10-13)25-20(28)16-9-4-3-8-15(16)18(26)22-25/h3-7,10,15-16H,8-9,11H2,1-2H3,(H,22,26). The third kappa shape index (κ3) is 3.63. The molecule has 9 nitrogen and oxygen atoms in total. The molecule has 1 aliphatic carbocycles. The van der Waals surface area contributed by atoms with Gasteiger partial charge in [-0.1, -0.05) is 23.4 Å². The summed E-state index contributed by atoms with van der Waals surface area (Å²) in [6, 6.07) is 6.63. The Morgan fingerprint density at radius 1 is 1.28 bits per heavy atom. The quantitative estimate of drug-likeness (QED) is 0.788. The fourth-order valence-electron chi connectivity index (χ4n) is 3.67. The normalized spacial score (nSPS) is 21.0. The van der Waals surface area contributed by atoms with E-state index < -0.39 is 0 Å². The number of benzene rings is 1. The summed E-state index contributed by atoms with van der Waals surface area (Å²) in [5.41, 5.74) is 3.51. The Balaban J connectivity index is 1.53. The van der Waals surface area contributed by atoms with Gasteiger partial charge in [-0.3, -0.25) is 19.8 Å². The van der Waals surface area contributed by atoms with Gasteiger partial charge in [0, 0.05) is 19.5 Å². The second-order valence-corrected chi connectivity index (χ2v) is 7.25. The van der Waals surface area contributed by atoms with E-state index in [9.17, 15) is 14.4 Å². The number of hydrazine groups is 1. The highest BCUT2D eigenvalue weighted by Gasteiger charge is 2.42. The molecular weight excluding hydrogens is 374 g/mol. The molecule has 29 heavy (non-hydrogen) atoms. The van der Waals surface area contributed by atoms with E-state index in [-0.39, 0.29) is 36.1 Å². The molecule has 0 bridgehead atoms. The highest BCUT2D eigenvalue weighted by atomic mass is 16.5. The van der Waals surface area contributed by atoms with E-state index in [1.165, 1.54) is 9.91 Å². The van der Waals surface area contributed by atoms with E-state index in [1.54, 1.807) is 38.2 Å². The maximum atomic E-state index is 12.9. The summed E-state index contributed by atoms with van der Waals surface area (Å²) in [4.78, 5) is 43.7. The summed E-state index contributed by atoms with van der Waals surface area (Å²) < 4.78 is 4.93. The monoisotopic (exact) mass is 395 g/mol. The van der Waals surface area contributed by atoms with E-state index in [4.69, 9.17) is 4.52 Å². The number of nitrogens with zero attached hydrogens (tertiary/aromatic N) is 4. The first kappa shape index (κ1) is 18.9. The van der Waals surface area contributed by atoms with Crippen molar-refractivity contribution in [2.45, 2.75) is 26.3 Å². The van der Waals surface area contributed by atoms with E-state index in [2.05, 4.69) is 15.6 Å². The zero-order chi connectivity index (χ0) is 20.5. The lowest BCUT2D eigenvalue weighted by molar-refractivity contribution is -0.139. The van der Waals surface area contributed by atoms with Crippen molar-refractivity contribution in [1.82, 2.24) is 20.5 Å². The van der Waals surface area contributed by atoms with Crippen LogP contribution in [0.3, 0.4) is 0 Å². The number of aromatic nitrogens is 2. The van der Waals surface area contributed by atoms with Crippen molar-refractivity contribution in [3.05, 3.63) is 53.7 Å². The Bertz CT molecular complexity index is 998. The van der Waals surface area contributed by atoms with Gasteiger partial charge < -0.3 is 9.42 Å². The Labute approximate surface area is 167 Å². The number of carbonyl (C=O) groups excluding carboxylic acids is 3. The van der Waals surface area contributed by atoms with Gasteiger partial charge in [0.15, 0.2) is 5.82 Å². The van der Waals surface area contributed by atoms with Gasteiger partial charge in [0.2, 0.25) is 17.7 Å². The molecule has 1 saturated heterocycles. The van der Waals surface area contributed by atoms with Crippen LogP contribution in [0, 0.1) is 18.8 Å². The predicted molar refractivity (Wildman–Crippen MR) is 102 cm³/mol. The van der Waals surface area contributed by atoms with E-state index in [1.807, 2.05) is 12.2 Å². The Morgan fingerprint density at radius 3 is 2.76 bits per heavy atom. The van der Waals surface area contributed by atoms with Gasteiger partial charge in [0.05, 0.1) is 24.1 Å². The van der Waals surface area contributed by atoms with Crippen LogP contribution in [0.5, 0.6) is 0 Å². The van der Waals surface area contributed by atoms with Gasteiger partial charge in [-0.2, -0.15) is 4.98 Å². The molecular formula is C20H21N5O4. The number of rotatable bonds is 4. The van der Waals surface area contributed by atoms with Crippen LogP contribution in [0.2, 0.25) is 0 Å². The number of allylic oxidation sites excluding steroid dienone is 2. The number of carbonyl (C=O) groups is 3. The first-order valence-corrected chi connectivity index (χ1v) is 9.38. The summed E-state index contributed by atoms with van der Waals surface area (Å²) in [6.45, 7) is 1.87. The smallest absolute Gasteiger partial charge is 0.254 e. The lowest BCUT2D eigenvalue weighted by atomic mass is 9.80. The van der Waals surface area contributed by atoms with E-state index in [0.29, 0.717) is 35.8 Å². The van der Waals surface area contributed by atoms with Crippen LogP contribution < -0.4 is 10.4 Å². The van der Waals surface area contributed by atoms with Crippen molar-refractivity contribution in [2.75, 3.05) is 12.1 Å². The maximum Gasteiger partial charge on any atom is 0.254 e. The highest BCUT2D eigenvalue weighted by Crippen LogP contribution is 2.32. The van der Waals surface area contributed by atoms with Gasteiger partial charge in [0.25, 0.3) is 5.91 Å². The number of fused-ring (bicyclic) bond motifs is 1. The van der Waals surface area contributed by atoms with Gasteiger partial charge in [-0.15, -0.1) is 0 Å². The molecule has 1 N–H and O–H groups in total. The lowest BCUT2D eigenvalue weighted by Gasteiger charge is -2.38. The predicted octanol–water partition coefficient (Wildman–Crippen LogP) is 1.61. The molecule has 0 radical (unpaired) electrons. The highest BCUT2D eigenvalue weighted by molar-refractivity contribution is 6.05. The molecule has 2 aromatic rings. The minimum absolute atomic E-state index is 0.167. The Morgan fingerprint density at radius 2 is 2.03 bits per heavy atom. The number of anilines is 1. The molecule has 3 amide bonds. The van der Waals surface area contributed by atoms with Crippen LogP contribution in [0.15, 0.2) is 40.9 Å². The second-order valence-electron chi connectivity index (χ2n) is 7.25. The summed E-state index contributed by atoms with van der Waals surface area (Å²) in [5.74, 6) is -0.485. The molecule has 4 rings (SSSR count). The fourth-order valence-corrected chi connectivity index (χ4v) is 3.67. The molecule has 150 valence electrons.